The van der Waals surface area contributed by atoms with Crippen LogP contribution in [-0.2, 0) is 22.9 Å². The lowest BCUT2D eigenvalue weighted by Crippen LogP contribution is -2.15. The molecule has 0 fully saturated rings. The SMILES string of the molecule is NS(=O)(=O)c1n[nH]c(C2CCc3ccccc3C2)n1. The van der Waals surface area contributed by atoms with Crippen LogP contribution in [0.25, 0.3) is 0 Å². The van der Waals surface area contributed by atoms with E-state index in [2.05, 4.69) is 27.3 Å². The fourth-order valence-electron chi connectivity index (χ4n) is 2.50. The first kappa shape index (κ1) is 12.3. The zero-order valence-corrected chi connectivity index (χ0v) is 11.0. The van der Waals surface area contributed by atoms with Crippen LogP contribution in [0, 0.1) is 0 Å². The normalized spacial score (nSPS) is 19.1. The largest absolute Gasteiger partial charge is 0.282 e. The molecule has 2 aromatic rings. The average molecular weight is 278 g/mol. The summed E-state index contributed by atoms with van der Waals surface area (Å²) in [6, 6.07) is 8.27. The molecule has 0 amide bonds. The number of fused-ring (bicyclic) bond motifs is 1. The van der Waals surface area contributed by atoms with Crippen LogP contribution in [-0.4, -0.2) is 23.6 Å². The highest BCUT2D eigenvalue weighted by atomic mass is 32.2. The molecule has 0 saturated carbocycles. The van der Waals surface area contributed by atoms with E-state index >= 15 is 0 Å². The summed E-state index contributed by atoms with van der Waals surface area (Å²) in [6.07, 6.45) is 2.73. The molecule has 7 heteroatoms. The van der Waals surface area contributed by atoms with Crippen LogP contribution in [0.2, 0.25) is 0 Å². The van der Waals surface area contributed by atoms with E-state index in [0.29, 0.717) is 5.82 Å². The number of sulfonamides is 1. The Kier molecular flexibility index (Phi) is 2.87. The summed E-state index contributed by atoms with van der Waals surface area (Å²) >= 11 is 0. The summed E-state index contributed by atoms with van der Waals surface area (Å²) in [5, 5.41) is 11.0. The highest BCUT2D eigenvalue weighted by Gasteiger charge is 2.24. The lowest BCUT2D eigenvalue weighted by Gasteiger charge is -2.22. The van der Waals surface area contributed by atoms with E-state index in [-0.39, 0.29) is 11.1 Å². The zero-order chi connectivity index (χ0) is 13.5. The summed E-state index contributed by atoms with van der Waals surface area (Å²) in [7, 11) is -3.83. The van der Waals surface area contributed by atoms with Crippen LogP contribution in [0.4, 0.5) is 0 Å². The standard InChI is InChI=1S/C12H14N4O2S/c13-19(17,18)12-14-11(15-16-12)10-6-5-8-3-1-2-4-9(8)7-10/h1-4,10H,5-7H2,(H2,13,17,18)(H,14,15,16). The second-order valence-corrected chi connectivity index (χ2v) is 6.21. The number of aryl methyl sites for hydroxylation is 1. The topological polar surface area (TPSA) is 102 Å². The van der Waals surface area contributed by atoms with Crippen molar-refractivity contribution in [2.24, 2.45) is 5.14 Å². The first-order chi connectivity index (χ1) is 9.04. The fraction of sp³-hybridized carbons (Fsp3) is 0.333. The van der Waals surface area contributed by atoms with Gasteiger partial charge in [0.1, 0.15) is 5.82 Å². The summed E-state index contributed by atoms with van der Waals surface area (Å²) in [4.78, 5) is 4.00. The van der Waals surface area contributed by atoms with E-state index in [1.165, 1.54) is 11.1 Å². The number of rotatable bonds is 2. The summed E-state index contributed by atoms with van der Waals surface area (Å²) in [5.41, 5.74) is 2.64. The van der Waals surface area contributed by atoms with E-state index < -0.39 is 10.0 Å². The van der Waals surface area contributed by atoms with Gasteiger partial charge in [0, 0.05) is 5.92 Å². The number of hydrogen-bond acceptors (Lipinski definition) is 4. The lowest BCUT2D eigenvalue weighted by molar-refractivity contribution is 0.555. The molecule has 1 aromatic heterocycles. The highest BCUT2D eigenvalue weighted by Crippen LogP contribution is 2.30. The van der Waals surface area contributed by atoms with Gasteiger partial charge in [0.25, 0.3) is 15.2 Å². The van der Waals surface area contributed by atoms with Gasteiger partial charge in [-0.2, -0.15) is 0 Å². The molecule has 0 aliphatic heterocycles. The Morgan fingerprint density at radius 3 is 2.68 bits per heavy atom. The van der Waals surface area contributed by atoms with Gasteiger partial charge in [0.15, 0.2) is 0 Å². The maximum atomic E-state index is 11.2. The third-order valence-electron chi connectivity index (χ3n) is 3.47. The number of primary sulfonamides is 1. The van der Waals surface area contributed by atoms with Crippen LogP contribution in [0.3, 0.4) is 0 Å². The third-order valence-corrected chi connectivity index (χ3v) is 4.16. The molecule has 1 atom stereocenters. The summed E-state index contributed by atoms with van der Waals surface area (Å²) < 4.78 is 22.3. The van der Waals surface area contributed by atoms with Crippen molar-refractivity contribution in [3.05, 3.63) is 41.2 Å². The molecule has 0 saturated heterocycles. The first-order valence-corrected chi connectivity index (χ1v) is 7.60. The smallest absolute Gasteiger partial charge is 0.262 e. The number of nitrogens with two attached hydrogens (primary N) is 1. The van der Waals surface area contributed by atoms with Gasteiger partial charge < -0.3 is 0 Å². The second-order valence-electron chi connectivity index (χ2n) is 4.76. The van der Waals surface area contributed by atoms with Crippen molar-refractivity contribution in [3.8, 4) is 0 Å². The predicted molar refractivity (Wildman–Crippen MR) is 69.0 cm³/mol. The van der Waals surface area contributed by atoms with Crippen molar-refractivity contribution in [2.75, 3.05) is 0 Å². The molecule has 3 N–H and O–H groups in total. The fourth-order valence-corrected chi connectivity index (χ4v) is 2.90. The number of nitrogens with zero attached hydrogens (tertiary/aromatic N) is 2. The first-order valence-electron chi connectivity index (χ1n) is 6.06. The quantitative estimate of drug-likeness (QED) is 0.845. The lowest BCUT2D eigenvalue weighted by atomic mass is 9.83. The van der Waals surface area contributed by atoms with Crippen molar-refractivity contribution in [1.29, 1.82) is 0 Å². The molecule has 1 aliphatic carbocycles. The second kappa shape index (κ2) is 4.43. The third kappa shape index (κ3) is 2.39. The molecule has 3 rings (SSSR count). The van der Waals surface area contributed by atoms with Gasteiger partial charge in [0.2, 0.25) is 0 Å². The number of nitrogens with one attached hydrogen (secondary N) is 1. The molecular weight excluding hydrogens is 264 g/mol. The Morgan fingerprint density at radius 1 is 1.26 bits per heavy atom. The zero-order valence-electron chi connectivity index (χ0n) is 10.2. The van der Waals surface area contributed by atoms with Gasteiger partial charge >= 0.3 is 0 Å². The van der Waals surface area contributed by atoms with E-state index in [1.54, 1.807) is 0 Å². The van der Waals surface area contributed by atoms with Crippen molar-refractivity contribution in [2.45, 2.75) is 30.3 Å². The number of benzene rings is 1. The van der Waals surface area contributed by atoms with Crippen LogP contribution in [0.5, 0.6) is 0 Å². The Balaban J connectivity index is 1.87. The molecular formula is C12H14N4O2S. The molecule has 100 valence electrons. The monoisotopic (exact) mass is 278 g/mol. The van der Waals surface area contributed by atoms with Crippen LogP contribution in [0.15, 0.2) is 29.4 Å². The van der Waals surface area contributed by atoms with Gasteiger partial charge in [-0.1, -0.05) is 24.3 Å². The molecule has 1 unspecified atom stereocenters. The molecule has 1 aromatic carbocycles. The minimum absolute atomic E-state index is 0.165. The van der Waals surface area contributed by atoms with Gasteiger partial charge in [-0.15, -0.1) is 5.10 Å². The predicted octanol–water partition coefficient (Wildman–Crippen LogP) is 0.725. The number of H-pyrrole nitrogens is 1. The number of hydrogen-bond donors (Lipinski definition) is 2. The van der Waals surface area contributed by atoms with Gasteiger partial charge in [-0.05, 0) is 30.4 Å². The highest BCUT2D eigenvalue weighted by molar-refractivity contribution is 7.89. The molecule has 19 heavy (non-hydrogen) atoms. The molecule has 0 bridgehead atoms. The van der Waals surface area contributed by atoms with Gasteiger partial charge in [-0.3, -0.25) is 5.10 Å². The summed E-state index contributed by atoms with van der Waals surface area (Å²) in [6.45, 7) is 0. The molecule has 0 radical (unpaired) electrons. The van der Waals surface area contributed by atoms with Crippen molar-refractivity contribution in [1.82, 2.24) is 15.2 Å². The Hall–Kier alpha value is -1.73. The minimum Gasteiger partial charge on any atom is -0.262 e. The van der Waals surface area contributed by atoms with Crippen molar-refractivity contribution in [3.63, 3.8) is 0 Å². The van der Waals surface area contributed by atoms with Gasteiger partial charge in [0.05, 0.1) is 0 Å². The molecule has 1 heterocycles. The molecule has 6 nitrogen and oxygen atoms in total. The van der Waals surface area contributed by atoms with Crippen molar-refractivity contribution < 1.29 is 8.42 Å². The molecule has 0 spiro atoms. The average Bonchev–Trinajstić information content (AvgIpc) is 2.87. The van der Waals surface area contributed by atoms with E-state index in [4.69, 9.17) is 5.14 Å². The van der Waals surface area contributed by atoms with E-state index in [9.17, 15) is 8.42 Å². The van der Waals surface area contributed by atoms with Gasteiger partial charge in [-0.25, -0.2) is 18.5 Å². The number of aromatic nitrogens is 3. The summed E-state index contributed by atoms with van der Waals surface area (Å²) in [5.74, 6) is 0.761. The van der Waals surface area contributed by atoms with E-state index in [1.807, 2.05) is 12.1 Å². The minimum atomic E-state index is -3.83. The Bertz CT molecular complexity index is 708. The maximum absolute atomic E-state index is 11.2. The Morgan fingerprint density at radius 2 is 2.00 bits per heavy atom. The van der Waals surface area contributed by atoms with Crippen LogP contribution >= 0.6 is 0 Å². The van der Waals surface area contributed by atoms with Crippen LogP contribution in [0.1, 0.15) is 29.3 Å². The van der Waals surface area contributed by atoms with Crippen LogP contribution < -0.4 is 5.14 Å². The Labute approximate surface area is 111 Å². The molecule has 1 aliphatic rings. The number of aromatic amines is 1. The van der Waals surface area contributed by atoms with Crippen molar-refractivity contribution >= 4 is 10.0 Å². The maximum Gasteiger partial charge on any atom is 0.282 e. The van der Waals surface area contributed by atoms with E-state index in [0.717, 1.165) is 19.3 Å².